The van der Waals surface area contributed by atoms with E-state index in [-0.39, 0.29) is 16.8 Å². The van der Waals surface area contributed by atoms with Crippen molar-refractivity contribution in [3.05, 3.63) is 36.2 Å². The maximum atomic E-state index is 12.3. The molecule has 1 spiro atoms. The number of pyridine rings is 1. The maximum Gasteiger partial charge on any atom is 0.249 e. The topological polar surface area (TPSA) is 42.4 Å². The van der Waals surface area contributed by atoms with Gasteiger partial charge in [-0.05, 0) is 31.4 Å². The van der Waals surface area contributed by atoms with Gasteiger partial charge in [0.2, 0.25) is 5.91 Å². The first-order valence-electron chi connectivity index (χ1n) is 7.93. The molecule has 4 nitrogen and oxygen atoms in total. The third-order valence-electron chi connectivity index (χ3n) is 4.67. The Morgan fingerprint density at radius 2 is 2.36 bits per heavy atom. The number of likely N-dealkylation sites (tertiary alicyclic amines) is 1. The SMILES string of the molecule is O=C(C1=CCCC1)N1CC2(C[C@@H](Oc3cccnc3)CS2)C1. The van der Waals surface area contributed by atoms with E-state index in [0.717, 1.165) is 55.8 Å². The summed E-state index contributed by atoms with van der Waals surface area (Å²) < 4.78 is 6.23. The number of ether oxygens (including phenoxy) is 1. The van der Waals surface area contributed by atoms with Crippen LogP contribution in [0.25, 0.3) is 0 Å². The standard InChI is InChI=1S/C17H20N2O2S/c20-16(13-4-1-2-5-13)19-11-17(12-19)8-15(10-22-17)21-14-6-3-7-18-9-14/h3-4,6-7,9,15H,1-2,5,8,10-12H2/t15-/m1/s1. The quantitative estimate of drug-likeness (QED) is 0.860. The zero-order valence-corrected chi connectivity index (χ0v) is 13.3. The van der Waals surface area contributed by atoms with Crippen LogP contribution in [0.1, 0.15) is 25.7 Å². The number of carbonyl (C=O) groups excluding carboxylic acids is 1. The van der Waals surface area contributed by atoms with E-state index in [9.17, 15) is 4.79 Å². The van der Waals surface area contributed by atoms with Gasteiger partial charge in [0.05, 0.1) is 10.9 Å². The monoisotopic (exact) mass is 316 g/mol. The van der Waals surface area contributed by atoms with Gasteiger partial charge >= 0.3 is 0 Å². The lowest BCUT2D eigenvalue weighted by Gasteiger charge is -2.47. The van der Waals surface area contributed by atoms with Crippen LogP contribution in [0.15, 0.2) is 36.2 Å². The van der Waals surface area contributed by atoms with E-state index in [1.165, 1.54) is 0 Å². The summed E-state index contributed by atoms with van der Waals surface area (Å²) in [7, 11) is 0. The fourth-order valence-corrected chi connectivity index (χ4v) is 5.09. The van der Waals surface area contributed by atoms with Crippen LogP contribution < -0.4 is 4.74 Å². The van der Waals surface area contributed by atoms with E-state index in [4.69, 9.17) is 4.74 Å². The average molecular weight is 316 g/mol. The molecule has 22 heavy (non-hydrogen) atoms. The first-order chi connectivity index (χ1) is 10.7. The number of hydrogen-bond acceptors (Lipinski definition) is 4. The third kappa shape index (κ3) is 2.62. The molecule has 4 rings (SSSR count). The molecule has 2 saturated heterocycles. The molecule has 2 aliphatic heterocycles. The maximum absolute atomic E-state index is 12.3. The smallest absolute Gasteiger partial charge is 0.249 e. The van der Waals surface area contributed by atoms with Crippen molar-refractivity contribution in [2.24, 2.45) is 0 Å². The summed E-state index contributed by atoms with van der Waals surface area (Å²) in [6.07, 6.45) is 10.0. The Bertz CT molecular complexity index is 596. The Labute approximate surface area is 134 Å². The van der Waals surface area contributed by atoms with E-state index >= 15 is 0 Å². The Kier molecular flexibility index (Phi) is 3.60. The highest BCUT2D eigenvalue weighted by Gasteiger charge is 2.51. The lowest BCUT2D eigenvalue weighted by molar-refractivity contribution is -0.132. The van der Waals surface area contributed by atoms with Gasteiger partial charge < -0.3 is 9.64 Å². The minimum atomic E-state index is 0.224. The van der Waals surface area contributed by atoms with Crippen molar-refractivity contribution in [2.75, 3.05) is 18.8 Å². The fourth-order valence-electron chi connectivity index (χ4n) is 3.57. The number of nitrogens with zero attached hydrogens (tertiary/aromatic N) is 2. The van der Waals surface area contributed by atoms with Crippen LogP contribution in [0.4, 0.5) is 0 Å². The summed E-state index contributed by atoms with van der Waals surface area (Å²) in [4.78, 5) is 18.4. The van der Waals surface area contributed by atoms with Crippen LogP contribution >= 0.6 is 11.8 Å². The summed E-state index contributed by atoms with van der Waals surface area (Å²) in [5, 5.41) is 0. The molecule has 2 fully saturated rings. The second-order valence-electron chi connectivity index (χ2n) is 6.41. The van der Waals surface area contributed by atoms with Crippen molar-refractivity contribution in [1.29, 1.82) is 0 Å². The van der Waals surface area contributed by atoms with Gasteiger partial charge in [-0.3, -0.25) is 9.78 Å². The number of hydrogen-bond donors (Lipinski definition) is 0. The molecule has 1 aromatic heterocycles. The normalized spacial score (nSPS) is 25.9. The zero-order chi connectivity index (χ0) is 15.0. The molecule has 0 saturated carbocycles. The van der Waals surface area contributed by atoms with E-state index in [1.807, 2.05) is 28.8 Å². The summed E-state index contributed by atoms with van der Waals surface area (Å²) in [6, 6.07) is 3.85. The van der Waals surface area contributed by atoms with Crippen LogP contribution in [-0.2, 0) is 4.79 Å². The van der Waals surface area contributed by atoms with Crippen LogP contribution in [0.2, 0.25) is 0 Å². The summed E-state index contributed by atoms with van der Waals surface area (Å²) in [5.41, 5.74) is 1.03. The molecular weight excluding hydrogens is 296 g/mol. The van der Waals surface area contributed by atoms with Gasteiger partial charge in [-0.2, -0.15) is 0 Å². The molecule has 0 radical (unpaired) electrons. The minimum Gasteiger partial charge on any atom is -0.488 e. The van der Waals surface area contributed by atoms with Crippen LogP contribution in [-0.4, -0.2) is 45.5 Å². The lowest BCUT2D eigenvalue weighted by Crippen LogP contribution is -2.61. The van der Waals surface area contributed by atoms with Gasteiger partial charge in [-0.15, -0.1) is 11.8 Å². The number of rotatable bonds is 3. The highest BCUT2D eigenvalue weighted by Crippen LogP contribution is 2.46. The summed E-state index contributed by atoms with van der Waals surface area (Å²) in [6.45, 7) is 1.75. The summed E-state index contributed by atoms with van der Waals surface area (Å²) in [5.74, 6) is 2.11. The van der Waals surface area contributed by atoms with E-state index < -0.39 is 0 Å². The zero-order valence-electron chi connectivity index (χ0n) is 12.5. The highest BCUT2D eigenvalue weighted by molar-refractivity contribution is 8.01. The number of aromatic nitrogens is 1. The predicted molar refractivity (Wildman–Crippen MR) is 87.0 cm³/mol. The molecule has 1 aromatic rings. The van der Waals surface area contributed by atoms with E-state index in [1.54, 1.807) is 12.4 Å². The number of thioether (sulfide) groups is 1. The average Bonchev–Trinajstić information content (AvgIpc) is 3.16. The van der Waals surface area contributed by atoms with Crippen LogP contribution in [0.3, 0.4) is 0 Å². The van der Waals surface area contributed by atoms with Gasteiger partial charge in [0.15, 0.2) is 0 Å². The molecule has 0 unspecified atom stereocenters. The van der Waals surface area contributed by atoms with Crippen molar-refractivity contribution in [3.8, 4) is 5.75 Å². The Morgan fingerprint density at radius 1 is 1.45 bits per heavy atom. The van der Waals surface area contributed by atoms with Crippen molar-refractivity contribution in [2.45, 2.75) is 36.5 Å². The molecule has 0 bridgehead atoms. The molecule has 1 atom stereocenters. The Balaban J connectivity index is 1.31. The van der Waals surface area contributed by atoms with E-state index in [2.05, 4.69) is 11.1 Å². The van der Waals surface area contributed by atoms with Crippen molar-refractivity contribution < 1.29 is 9.53 Å². The van der Waals surface area contributed by atoms with Gasteiger partial charge in [0.1, 0.15) is 11.9 Å². The molecule has 116 valence electrons. The van der Waals surface area contributed by atoms with Gasteiger partial charge in [-0.25, -0.2) is 0 Å². The van der Waals surface area contributed by atoms with Crippen LogP contribution in [0, 0.1) is 0 Å². The summed E-state index contributed by atoms with van der Waals surface area (Å²) >= 11 is 1.96. The predicted octanol–water partition coefficient (Wildman–Crippen LogP) is 2.66. The molecule has 1 aliphatic carbocycles. The second kappa shape index (κ2) is 5.61. The molecule has 3 heterocycles. The van der Waals surface area contributed by atoms with Crippen LogP contribution in [0.5, 0.6) is 5.75 Å². The second-order valence-corrected chi connectivity index (χ2v) is 7.90. The van der Waals surface area contributed by atoms with Gasteiger partial charge in [-0.1, -0.05) is 6.08 Å². The molecule has 0 N–H and O–H groups in total. The first kappa shape index (κ1) is 14.1. The van der Waals surface area contributed by atoms with Gasteiger partial charge in [0, 0.05) is 37.0 Å². The molecule has 3 aliphatic rings. The largest absolute Gasteiger partial charge is 0.488 e. The first-order valence-corrected chi connectivity index (χ1v) is 8.92. The number of amides is 1. The van der Waals surface area contributed by atoms with Crippen molar-refractivity contribution >= 4 is 17.7 Å². The van der Waals surface area contributed by atoms with E-state index in [0.29, 0.717) is 0 Å². The van der Waals surface area contributed by atoms with Crippen molar-refractivity contribution in [3.63, 3.8) is 0 Å². The molecular formula is C17H20N2O2S. The Morgan fingerprint density at radius 3 is 3.09 bits per heavy atom. The highest BCUT2D eigenvalue weighted by atomic mass is 32.2. The lowest BCUT2D eigenvalue weighted by atomic mass is 9.92. The number of carbonyl (C=O) groups is 1. The van der Waals surface area contributed by atoms with Gasteiger partial charge in [0.25, 0.3) is 0 Å². The molecule has 0 aromatic carbocycles. The third-order valence-corrected chi connectivity index (χ3v) is 6.25. The number of allylic oxidation sites excluding steroid dienone is 1. The van der Waals surface area contributed by atoms with Crippen molar-refractivity contribution in [1.82, 2.24) is 9.88 Å². The molecule has 5 heteroatoms. The fraction of sp³-hybridized carbons (Fsp3) is 0.529. The molecule has 1 amide bonds. The Hall–Kier alpha value is -1.49. The minimum absolute atomic E-state index is 0.224.